The summed E-state index contributed by atoms with van der Waals surface area (Å²) in [5.41, 5.74) is 4.52. The zero-order valence-corrected chi connectivity index (χ0v) is 15.4. The minimum absolute atomic E-state index is 0.172. The molecule has 0 saturated heterocycles. The van der Waals surface area contributed by atoms with Crippen LogP contribution in [0.25, 0.3) is 0 Å². The van der Waals surface area contributed by atoms with E-state index in [0.717, 1.165) is 18.5 Å². The Hall–Kier alpha value is -2.87. The van der Waals surface area contributed by atoms with Gasteiger partial charge in [0, 0.05) is 24.7 Å². The van der Waals surface area contributed by atoms with Crippen molar-refractivity contribution in [2.75, 3.05) is 37.5 Å². The standard InChI is InChI=1S/C18H26N6O2/c1-4-7-20-16-11-17(23-18(22-16)26-9-8-19-3)24-21-12-14-10-13(2)5-6-15(14)25/h5-6,10-12,19,25H,4,7-9H2,1-3H3,(H2,20,22,23,24)/b21-12+. The average molecular weight is 358 g/mol. The van der Waals surface area contributed by atoms with E-state index in [4.69, 9.17) is 4.74 Å². The third-order valence-electron chi connectivity index (χ3n) is 3.41. The summed E-state index contributed by atoms with van der Waals surface area (Å²) in [6, 6.07) is 7.36. The lowest BCUT2D eigenvalue weighted by atomic mass is 10.1. The molecule has 0 atom stereocenters. The first-order valence-corrected chi connectivity index (χ1v) is 8.61. The van der Waals surface area contributed by atoms with Crippen LogP contribution in [-0.2, 0) is 0 Å². The molecule has 2 rings (SSSR count). The first kappa shape index (κ1) is 19.5. The van der Waals surface area contributed by atoms with Gasteiger partial charge in [-0.3, -0.25) is 5.43 Å². The Labute approximate surface area is 153 Å². The van der Waals surface area contributed by atoms with Crippen LogP contribution in [-0.4, -0.2) is 48.0 Å². The maximum absolute atomic E-state index is 9.86. The molecule has 0 amide bonds. The number of aromatic nitrogens is 2. The van der Waals surface area contributed by atoms with Crippen molar-refractivity contribution >= 4 is 17.9 Å². The molecule has 0 unspecified atom stereocenters. The Morgan fingerprint density at radius 3 is 2.77 bits per heavy atom. The van der Waals surface area contributed by atoms with E-state index in [1.54, 1.807) is 18.3 Å². The molecule has 0 bridgehead atoms. The van der Waals surface area contributed by atoms with Crippen LogP contribution in [0.15, 0.2) is 29.4 Å². The van der Waals surface area contributed by atoms with Gasteiger partial charge in [0.25, 0.3) is 0 Å². The zero-order chi connectivity index (χ0) is 18.8. The summed E-state index contributed by atoms with van der Waals surface area (Å²) in [7, 11) is 1.85. The monoisotopic (exact) mass is 358 g/mol. The third-order valence-corrected chi connectivity index (χ3v) is 3.41. The van der Waals surface area contributed by atoms with Crippen LogP contribution in [0.5, 0.6) is 11.8 Å². The van der Waals surface area contributed by atoms with Crippen LogP contribution in [0.1, 0.15) is 24.5 Å². The van der Waals surface area contributed by atoms with Gasteiger partial charge in [-0.15, -0.1) is 0 Å². The number of benzene rings is 1. The molecule has 0 fully saturated rings. The van der Waals surface area contributed by atoms with Crippen LogP contribution in [0.4, 0.5) is 11.6 Å². The zero-order valence-electron chi connectivity index (χ0n) is 15.4. The summed E-state index contributed by atoms with van der Waals surface area (Å²) in [6.45, 7) is 6.00. The Morgan fingerprint density at radius 1 is 1.19 bits per heavy atom. The molecule has 0 aliphatic carbocycles. The highest BCUT2D eigenvalue weighted by molar-refractivity contribution is 5.84. The second kappa shape index (κ2) is 10.2. The molecule has 8 heteroatoms. The number of phenolic OH excluding ortho intramolecular Hbond substituents is 1. The number of nitrogens with zero attached hydrogens (tertiary/aromatic N) is 3. The van der Waals surface area contributed by atoms with E-state index in [9.17, 15) is 5.11 Å². The van der Waals surface area contributed by atoms with Crippen LogP contribution in [0, 0.1) is 6.92 Å². The molecule has 2 aromatic rings. The molecular weight excluding hydrogens is 332 g/mol. The number of phenols is 1. The number of rotatable bonds is 10. The topological polar surface area (TPSA) is 104 Å². The summed E-state index contributed by atoms with van der Waals surface area (Å²) in [5.74, 6) is 1.34. The van der Waals surface area contributed by atoms with Crippen molar-refractivity contribution in [1.29, 1.82) is 0 Å². The second-order valence-electron chi connectivity index (χ2n) is 5.73. The molecule has 26 heavy (non-hydrogen) atoms. The number of hydrogen-bond acceptors (Lipinski definition) is 8. The van der Waals surface area contributed by atoms with Gasteiger partial charge in [-0.2, -0.15) is 15.1 Å². The Balaban J connectivity index is 2.11. The highest BCUT2D eigenvalue weighted by atomic mass is 16.5. The van der Waals surface area contributed by atoms with E-state index in [-0.39, 0.29) is 11.8 Å². The van der Waals surface area contributed by atoms with Crippen molar-refractivity contribution in [2.45, 2.75) is 20.3 Å². The number of nitrogens with one attached hydrogen (secondary N) is 3. The summed E-state index contributed by atoms with van der Waals surface area (Å²) in [6.07, 6.45) is 2.53. The number of anilines is 2. The van der Waals surface area contributed by atoms with Gasteiger partial charge in [-0.1, -0.05) is 18.6 Å². The number of ether oxygens (including phenoxy) is 1. The second-order valence-corrected chi connectivity index (χ2v) is 5.73. The summed E-state index contributed by atoms with van der Waals surface area (Å²) in [4.78, 5) is 8.63. The fourth-order valence-corrected chi connectivity index (χ4v) is 2.08. The van der Waals surface area contributed by atoms with Crippen molar-refractivity contribution in [2.24, 2.45) is 5.10 Å². The van der Waals surface area contributed by atoms with Crippen LogP contribution < -0.4 is 20.8 Å². The van der Waals surface area contributed by atoms with Gasteiger partial charge in [0.15, 0.2) is 5.82 Å². The predicted octanol–water partition coefficient (Wildman–Crippen LogP) is 2.36. The number of aromatic hydroxyl groups is 1. The molecule has 1 aromatic heterocycles. The van der Waals surface area contributed by atoms with Gasteiger partial charge in [-0.25, -0.2) is 0 Å². The smallest absolute Gasteiger partial charge is 0.320 e. The Bertz CT molecular complexity index is 736. The van der Waals surface area contributed by atoms with Gasteiger partial charge in [-0.05, 0) is 32.5 Å². The molecule has 8 nitrogen and oxygen atoms in total. The lowest BCUT2D eigenvalue weighted by molar-refractivity contribution is 0.294. The molecule has 1 aromatic carbocycles. The van der Waals surface area contributed by atoms with Crippen molar-refractivity contribution in [1.82, 2.24) is 15.3 Å². The Morgan fingerprint density at radius 2 is 2.00 bits per heavy atom. The van der Waals surface area contributed by atoms with Crippen molar-refractivity contribution in [3.8, 4) is 11.8 Å². The minimum atomic E-state index is 0.172. The first-order valence-electron chi connectivity index (χ1n) is 8.61. The average Bonchev–Trinajstić information content (AvgIpc) is 2.63. The maximum atomic E-state index is 9.86. The van der Waals surface area contributed by atoms with Gasteiger partial charge in [0.1, 0.15) is 18.2 Å². The number of hydrazone groups is 1. The normalized spacial score (nSPS) is 10.9. The quantitative estimate of drug-likeness (QED) is 0.294. The molecule has 0 aliphatic rings. The summed E-state index contributed by atoms with van der Waals surface area (Å²) < 4.78 is 5.55. The number of aryl methyl sites for hydroxylation is 1. The van der Waals surface area contributed by atoms with E-state index < -0.39 is 0 Å². The SMILES string of the molecule is CCCNc1cc(N/N=C/c2cc(C)ccc2O)nc(OCCNC)n1. The third kappa shape index (κ3) is 6.21. The van der Waals surface area contributed by atoms with E-state index in [1.165, 1.54) is 0 Å². The van der Waals surface area contributed by atoms with Gasteiger partial charge in [0.05, 0.1) is 6.21 Å². The van der Waals surface area contributed by atoms with Gasteiger partial charge >= 0.3 is 6.01 Å². The molecular formula is C18H26N6O2. The molecule has 1 heterocycles. The lowest BCUT2D eigenvalue weighted by Crippen LogP contribution is -2.17. The largest absolute Gasteiger partial charge is 0.507 e. The van der Waals surface area contributed by atoms with E-state index in [0.29, 0.717) is 30.4 Å². The van der Waals surface area contributed by atoms with E-state index >= 15 is 0 Å². The number of likely N-dealkylation sites (N-methyl/N-ethyl adjacent to an activating group) is 1. The summed E-state index contributed by atoms with van der Waals surface area (Å²) in [5, 5.41) is 20.2. The molecule has 0 radical (unpaired) electrons. The fourth-order valence-electron chi connectivity index (χ4n) is 2.08. The molecule has 4 N–H and O–H groups in total. The minimum Gasteiger partial charge on any atom is -0.507 e. The Kier molecular flexibility index (Phi) is 7.63. The van der Waals surface area contributed by atoms with Gasteiger partial charge in [0.2, 0.25) is 0 Å². The first-order chi connectivity index (χ1) is 12.6. The van der Waals surface area contributed by atoms with E-state index in [2.05, 4.69) is 38.1 Å². The molecule has 0 saturated carbocycles. The van der Waals surface area contributed by atoms with Gasteiger partial charge < -0.3 is 20.5 Å². The van der Waals surface area contributed by atoms with Crippen LogP contribution in [0.2, 0.25) is 0 Å². The molecule has 140 valence electrons. The maximum Gasteiger partial charge on any atom is 0.320 e. The van der Waals surface area contributed by atoms with Crippen molar-refractivity contribution in [3.63, 3.8) is 0 Å². The summed E-state index contributed by atoms with van der Waals surface area (Å²) >= 11 is 0. The van der Waals surface area contributed by atoms with Crippen molar-refractivity contribution < 1.29 is 9.84 Å². The highest BCUT2D eigenvalue weighted by Crippen LogP contribution is 2.18. The lowest BCUT2D eigenvalue weighted by Gasteiger charge is -2.10. The van der Waals surface area contributed by atoms with Crippen molar-refractivity contribution in [3.05, 3.63) is 35.4 Å². The predicted molar refractivity (Wildman–Crippen MR) is 104 cm³/mol. The number of hydrogen-bond donors (Lipinski definition) is 4. The van der Waals surface area contributed by atoms with Crippen LogP contribution in [0.3, 0.4) is 0 Å². The molecule has 0 aliphatic heterocycles. The fraction of sp³-hybridized carbons (Fsp3) is 0.389. The molecule has 0 spiro atoms. The van der Waals surface area contributed by atoms with E-state index in [1.807, 2.05) is 26.1 Å². The van der Waals surface area contributed by atoms with Crippen LogP contribution >= 0.6 is 0 Å². The highest BCUT2D eigenvalue weighted by Gasteiger charge is 2.05.